The summed E-state index contributed by atoms with van der Waals surface area (Å²) in [6.45, 7) is 3.93. The van der Waals surface area contributed by atoms with Gasteiger partial charge in [-0.1, -0.05) is 22.4 Å². The van der Waals surface area contributed by atoms with Gasteiger partial charge in [0.1, 0.15) is 0 Å². The molecule has 0 spiro atoms. The van der Waals surface area contributed by atoms with Crippen molar-refractivity contribution in [3.8, 4) is 0 Å². The first-order chi connectivity index (χ1) is 13.3. The molecule has 1 atom stereocenters. The Balaban J connectivity index is 1.61. The molecule has 1 saturated carbocycles. The molecule has 0 unspecified atom stereocenters. The molecule has 2 aliphatic rings. The van der Waals surface area contributed by atoms with Gasteiger partial charge >= 0.3 is 0 Å². The summed E-state index contributed by atoms with van der Waals surface area (Å²) in [5.74, 6) is 0.302. The standard InChI is InChI=1S/C21H23BrN2O3S/c1-13-10-17(6-8-19(13)22)23-28(26,27)18-7-9-20-16(12-18)11-14(2)24(20)21(25)15-4-3-5-15/h6-10,12,14-15,23H,3-5,11H2,1-2H3/t14-/m0/s1. The molecular formula is C21H23BrN2O3S. The summed E-state index contributed by atoms with van der Waals surface area (Å²) in [4.78, 5) is 14.9. The van der Waals surface area contributed by atoms with Crippen molar-refractivity contribution in [1.82, 2.24) is 0 Å². The molecule has 1 aliphatic carbocycles. The molecule has 1 aliphatic heterocycles. The fourth-order valence-electron chi connectivity index (χ4n) is 3.88. The average Bonchev–Trinajstić information content (AvgIpc) is 2.91. The van der Waals surface area contributed by atoms with Crippen LogP contribution in [0, 0.1) is 12.8 Å². The van der Waals surface area contributed by atoms with Crippen molar-refractivity contribution in [1.29, 1.82) is 0 Å². The van der Waals surface area contributed by atoms with Crippen LogP contribution in [0.25, 0.3) is 0 Å². The predicted octanol–water partition coefficient (Wildman–Crippen LogP) is 4.64. The second-order valence-corrected chi connectivity index (χ2v) is 10.3. The van der Waals surface area contributed by atoms with Crippen LogP contribution in [0.5, 0.6) is 0 Å². The molecule has 1 fully saturated rings. The summed E-state index contributed by atoms with van der Waals surface area (Å²) in [5, 5.41) is 0. The lowest BCUT2D eigenvalue weighted by Crippen LogP contribution is -2.42. The molecule has 0 radical (unpaired) electrons. The zero-order valence-corrected chi connectivity index (χ0v) is 18.3. The van der Waals surface area contributed by atoms with Crippen LogP contribution in [0.15, 0.2) is 45.8 Å². The Labute approximate surface area is 174 Å². The molecule has 2 aromatic rings. The molecular weight excluding hydrogens is 440 g/mol. The van der Waals surface area contributed by atoms with Crippen LogP contribution >= 0.6 is 15.9 Å². The summed E-state index contributed by atoms with van der Waals surface area (Å²) in [7, 11) is -3.70. The molecule has 1 amide bonds. The van der Waals surface area contributed by atoms with Gasteiger partial charge in [-0.05, 0) is 80.6 Å². The molecule has 28 heavy (non-hydrogen) atoms. The average molecular weight is 463 g/mol. The third kappa shape index (κ3) is 3.46. The SMILES string of the molecule is Cc1cc(NS(=O)(=O)c2ccc3c(c2)C[C@H](C)N3C(=O)C2CCC2)ccc1Br. The van der Waals surface area contributed by atoms with Crippen LogP contribution in [-0.2, 0) is 21.2 Å². The molecule has 0 saturated heterocycles. The molecule has 148 valence electrons. The number of fused-ring (bicyclic) bond motifs is 1. The van der Waals surface area contributed by atoms with E-state index in [-0.39, 0.29) is 22.8 Å². The second kappa shape index (κ2) is 7.19. The lowest BCUT2D eigenvalue weighted by molar-refractivity contribution is -0.125. The molecule has 4 rings (SSSR count). The molecule has 2 aromatic carbocycles. The Morgan fingerprint density at radius 3 is 2.57 bits per heavy atom. The smallest absolute Gasteiger partial charge is 0.261 e. The molecule has 1 N–H and O–H groups in total. The van der Waals surface area contributed by atoms with Gasteiger partial charge in [0.05, 0.1) is 4.90 Å². The van der Waals surface area contributed by atoms with Gasteiger partial charge in [-0.3, -0.25) is 9.52 Å². The number of nitrogens with zero attached hydrogens (tertiary/aromatic N) is 1. The summed E-state index contributed by atoms with van der Waals surface area (Å²) in [5.41, 5.74) is 3.24. The maximum atomic E-state index is 12.9. The quantitative estimate of drug-likeness (QED) is 0.719. The maximum Gasteiger partial charge on any atom is 0.261 e. The van der Waals surface area contributed by atoms with Gasteiger partial charge in [-0.2, -0.15) is 0 Å². The summed E-state index contributed by atoms with van der Waals surface area (Å²) >= 11 is 3.42. The number of hydrogen-bond donors (Lipinski definition) is 1. The van der Waals surface area contributed by atoms with Gasteiger partial charge in [0.15, 0.2) is 0 Å². The monoisotopic (exact) mass is 462 g/mol. The number of carbonyl (C=O) groups is 1. The largest absolute Gasteiger partial charge is 0.309 e. The van der Waals surface area contributed by atoms with Crippen molar-refractivity contribution >= 4 is 43.2 Å². The Hall–Kier alpha value is -1.86. The fraction of sp³-hybridized carbons (Fsp3) is 0.381. The highest BCUT2D eigenvalue weighted by Crippen LogP contribution is 2.38. The predicted molar refractivity (Wildman–Crippen MR) is 114 cm³/mol. The first-order valence-corrected chi connectivity index (χ1v) is 11.8. The highest BCUT2D eigenvalue weighted by molar-refractivity contribution is 9.10. The van der Waals surface area contributed by atoms with Crippen LogP contribution in [-0.4, -0.2) is 20.4 Å². The van der Waals surface area contributed by atoms with Crippen molar-refractivity contribution in [2.45, 2.75) is 50.5 Å². The Kier molecular flexibility index (Phi) is 5.00. The highest BCUT2D eigenvalue weighted by atomic mass is 79.9. The molecule has 1 heterocycles. The Morgan fingerprint density at radius 2 is 1.93 bits per heavy atom. The number of carbonyl (C=O) groups excluding carboxylic acids is 1. The summed E-state index contributed by atoms with van der Waals surface area (Å²) in [6, 6.07) is 10.5. The Bertz CT molecular complexity index is 1050. The van der Waals surface area contributed by atoms with E-state index in [0.29, 0.717) is 12.1 Å². The number of halogens is 1. The summed E-state index contributed by atoms with van der Waals surface area (Å²) < 4.78 is 29.3. The van der Waals surface area contributed by atoms with E-state index in [1.807, 2.05) is 24.8 Å². The maximum absolute atomic E-state index is 12.9. The van der Waals surface area contributed by atoms with Gasteiger partial charge < -0.3 is 4.90 Å². The van der Waals surface area contributed by atoms with Crippen molar-refractivity contribution in [3.63, 3.8) is 0 Å². The minimum absolute atomic E-state index is 0.0585. The van der Waals surface area contributed by atoms with E-state index in [0.717, 1.165) is 40.5 Å². The van der Waals surface area contributed by atoms with E-state index in [9.17, 15) is 13.2 Å². The van der Waals surface area contributed by atoms with E-state index in [1.165, 1.54) is 0 Å². The van der Waals surface area contributed by atoms with Crippen LogP contribution in [0.1, 0.15) is 37.3 Å². The first kappa shape index (κ1) is 19.5. The van der Waals surface area contributed by atoms with E-state index >= 15 is 0 Å². The second-order valence-electron chi connectivity index (χ2n) is 7.75. The van der Waals surface area contributed by atoms with Gasteiger partial charge in [0.2, 0.25) is 5.91 Å². The van der Waals surface area contributed by atoms with E-state index in [4.69, 9.17) is 0 Å². The molecule has 0 aromatic heterocycles. The van der Waals surface area contributed by atoms with Crippen molar-refractivity contribution in [2.75, 3.05) is 9.62 Å². The normalized spacial score (nSPS) is 19.2. The molecule has 7 heteroatoms. The lowest BCUT2D eigenvalue weighted by atomic mass is 9.84. The fourth-order valence-corrected chi connectivity index (χ4v) is 5.23. The van der Waals surface area contributed by atoms with E-state index < -0.39 is 10.0 Å². The van der Waals surface area contributed by atoms with Crippen LogP contribution < -0.4 is 9.62 Å². The van der Waals surface area contributed by atoms with Crippen LogP contribution in [0.4, 0.5) is 11.4 Å². The molecule has 0 bridgehead atoms. The third-order valence-corrected chi connectivity index (χ3v) is 7.95. The van der Waals surface area contributed by atoms with E-state index in [1.54, 1.807) is 30.3 Å². The number of nitrogens with one attached hydrogen (secondary N) is 1. The highest BCUT2D eigenvalue weighted by Gasteiger charge is 2.37. The minimum atomic E-state index is -3.70. The minimum Gasteiger partial charge on any atom is -0.309 e. The third-order valence-electron chi connectivity index (χ3n) is 5.68. The van der Waals surface area contributed by atoms with Gasteiger partial charge in [0, 0.05) is 27.8 Å². The topological polar surface area (TPSA) is 66.5 Å². The molecule has 5 nitrogen and oxygen atoms in total. The van der Waals surface area contributed by atoms with Crippen LogP contribution in [0.3, 0.4) is 0 Å². The van der Waals surface area contributed by atoms with Gasteiger partial charge in [-0.25, -0.2) is 8.42 Å². The Morgan fingerprint density at radius 1 is 1.18 bits per heavy atom. The number of sulfonamides is 1. The van der Waals surface area contributed by atoms with Crippen molar-refractivity contribution < 1.29 is 13.2 Å². The number of anilines is 2. The van der Waals surface area contributed by atoms with E-state index in [2.05, 4.69) is 20.7 Å². The zero-order chi connectivity index (χ0) is 20.1. The van der Waals surface area contributed by atoms with Gasteiger partial charge in [0.25, 0.3) is 10.0 Å². The number of aryl methyl sites for hydroxylation is 1. The van der Waals surface area contributed by atoms with Crippen LogP contribution in [0.2, 0.25) is 0 Å². The first-order valence-electron chi connectivity index (χ1n) is 9.51. The van der Waals surface area contributed by atoms with Crippen molar-refractivity contribution in [2.24, 2.45) is 5.92 Å². The number of amides is 1. The zero-order valence-electron chi connectivity index (χ0n) is 15.9. The number of hydrogen-bond acceptors (Lipinski definition) is 3. The van der Waals surface area contributed by atoms with Gasteiger partial charge in [-0.15, -0.1) is 0 Å². The summed E-state index contributed by atoms with van der Waals surface area (Å²) in [6.07, 6.45) is 3.71. The van der Waals surface area contributed by atoms with Crippen molar-refractivity contribution in [3.05, 3.63) is 52.0 Å². The number of benzene rings is 2. The number of rotatable bonds is 4. The lowest BCUT2D eigenvalue weighted by Gasteiger charge is -2.32.